The van der Waals surface area contributed by atoms with Gasteiger partial charge in [-0.15, -0.1) is 0 Å². The molecule has 0 aliphatic heterocycles. The zero-order valence-corrected chi connectivity index (χ0v) is 11.6. The summed E-state index contributed by atoms with van der Waals surface area (Å²) in [5.74, 6) is 2.12. The molecule has 0 aliphatic rings. The number of aromatic amines is 1. The maximum absolute atomic E-state index is 5.63. The van der Waals surface area contributed by atoms with Crippen LogP contribution in [-0.2, 0) is 0 Å². The fraction of sp³-hybridized carbons (Fsp3) is 0.214. The maximum Gasteiger partial charge on any atom is 0.226 e. The van der Waals surface area contributed by atoms with Gasteiger partial charge in [-0.1, -0.05) is 18.2 Å². The summed E-state index contributed by atoms with van der Waals surface area (Å²) in [5.41, 5.74) is 0.695. The molecular weight excluding hydrogens is 268 g/mol. The van der Waals surface area contributed by atoms with Gasteiger partial charge in [-0.25, -0.2) is 0 Å². The van der Waals surface area contributed by atoms with Crippen LogP contribution in [0.1, 0.15) is 0 Å². The van der Waals surface area contributed by atoms with Crippen molar-refractivity contribution in [3.63, 3.8) is 0 Å². The van der Waals surface area contributed by atoms with Crippen LogP contribution in [0.25, 0.3) is 11.0 Å². The van der Waals surface area contributed by atoms with Crippen LogP contribution in [-0.4, -0.2) is 40.4 Å². The summed E-state index contributed by atoms with van der Waals surface area (Å²) in [6.07, 6.45) is 1.70. The molecule has 3 N–H and O–H groups in total. The predicted octanol–water partition coefficient (Wildman–Crippen LogP) is 1.89. The van der Waals surface area contributed by atoms with Gasteiger partial charge in [0.25, 0.3) is 0 Å². The summed E-state index contributed by atoms with van der Waals surface area (Å²) in [6.45, 7) is 1.18. The van der Waals surface area contributed by atoms with Crippen molar-refractivity contribution in [1.29, 1.82) is 0 Å². The highest BCUT2D eigenvalue weighted by Crippen LogP contribution is 2.19. The van der Waals surface area contributed by atoms with Crippen LogP contribution in [0.2, 0.25) is 0 Å². The van der Waals surface area contributed by atoms with E-state index in [1.54, 1.807) is 13.2 Å². The third-order valence-electron chi connectivity index (χ3n) is 2.94. The molecule has 2 aromatic heterocycles. The summed E-state index contributed by atoms with van der Waals surface area (Å²) in [4.78, 5) is 8.67. The van der Waals surface area contributed by atoms with Crippen LogP contribution < -0.4 is 15.4 Å². The molecule has 0 radical (unpaired) electrons. The largest absolute Gasteiger partial charge is 0.492 e. The molecule has 21 heavy (non-hydrogen) atoms. The number of para-hydroxylation sites is 1. The van der Waals surface area contributed by atoms with Crippen molar-refractivity contribution in [2.24, 2.45) is 0 Å². The topological polar surface area (TPSA) is 87.8 Å². The molecular formula is C14H16N6O. The molecule has 2 heterocycles. The average molecular weight is 284 g/mol. The van der Waals surface area contributed by atoms with Gasteiger partial charge >= 0.3 is 0 Å². The Morgan fingerprint density at radius 2 is 2.05 bits per heavy atom. The summed E-state index contributed by atoms with van der Waals surface area (Å²) in [6, 6.07) is 9.71. The molecule has 0 aliphatic carbocycles. The number of hydrogen-bond donors (Lipinski definition) is 3. The van der Waals surface area contributed by atoms with Gasteiger partial charge in [0.2, 0.25) is 5.95 Å². The van der Waals surface area contributed by atoms with Crippen molar-refractivity contribution in [2.75, 3.05) is 30.8 Å². The van der Waals surface area contributed by atoms with E-state index in [1.165, 1.54) is 0 Å². The van der Waals surface area contributed by atoms with Crippen molar-refractivity contribution in [1.82, 2.24) is 20.2 Å². The van der Waals surface area contributed by atoms with E-state index in [-0.39, 0.29) is 0 Å². The molecule has 3 aromatic rings. The zero-order valence-electron chi connectivity index (χ0n) is 11.6. The highest BCUT2D eigenvalue weighted by molar-refractivity contribution is 5.86. The van der Waals surface area contributed by atoms with Crippen molar-refractivity contribution < 1.29 is 4.74 Å². The third kappa shape index (κ3) is 3.02. The predicted molar refractivity (Wildman–Crippen MR) is 81.7 cm³/mol. The Hall–Kier alpha value is -2.83. The molecule has 0 fully saturated rings. The van der Waals surface area contributed by atoms with Crippen molar-refractivity contribution >= 4 is 22.8 Å². The van der Waals surface area contributed by atoms with Crippen LogP contribution in [0.5, 0.6) is 5.75 Å². The first-order valence-corrected chi connectivity index (χ1v) is 6.67. The Balaban J connectivity index is 1.63. The fourth-order valence-corrected chi connectivity index (χ4v) is 1.94. The molecule has 0 unspecified atom stereocenters. The molecule has 3 rings (SSSR count). The Kier molecular flexibility index (Phi) is 3.81. The van der Waals surface area contributed by atoms with Gasteiger partial charge in [0.15, 0.2) is 5.65 Å². The standard InChI is InChI=1S/C14H16N6O/c1-15-14-18-12(11-9-17-20-13(11)19-14)16-7-8-21-10-5-3-2-4-6-10/h2-6,9H,7-8H2,1H3,(H3,15,16,17,18,19,20). The summed E-state index contributed by atoms with van der Waals surface area (Å²) < 4.78 is 5.63. The molecule has 1 aromatic carbocycles. The van der Waals surface area contributed by atoms with E-state index in [0.29, 0.717) is 24.7 Å². The number of nitrogens with zero attached hydrogens (tertiary/aromatic N) is 3. The molecule has 0 amide bonds. The minimum absolute atomic E-state index is 0.540. The first kappa shape index (κ1) is 13.2. The Morgan fingerprint density at radius 1 is 1.19 bits per heavy atom. The number of fused-ring (bicyclic) bond motifs is 1. The molecule has 7 heteroatoms. The number of nitrogens with one attached hydrogen (secondary N) is 3. The Bertz CT molecular complexity index is 712. The van der Waals surface area contributed by atoms with Gasteiger partial charge in [0.1, 0.15) is 18.2 Å². The summed E-state index contributed by atoms with van der Waals surface area (Å²) in [7, 11) is 1.78. The quantitative estimate of drug-likeness (QED) is 0.599. The van der Waals surface area contributed by atoms with Crippen LogP contribution in [0, 0.1) is 0 Å². The van der Waals surface area contributed by atoms with E-state index in [4.69, 9.17) is 4.74 Å². The van der Waals surface area contributed by atoms with E-state index in [2.05, 4.69) is 30.8 Å². The van der Waals surface area contributed by atoms with Crippen molar-refractivity contribution in [3.8, 4) is 5.75 Å². The summed E-state index contributed by atoms with van der Waals surface area (Å²) >= 11 is 0. The maximum atomic E-state index is 5.63. The first-order chi connectivity index (χ1) is 10.4. The van der Waals surface area contributed by atoms with Gasteiger partial charge in [-0.05, 0) is 12.1 Å². The number of benzene rings is 1. The average Bonchev–Trinajstić information content (AvgIpc) is 3.00. The summed E-state index contributed by atoms with van der Waals surface area (Å²) in [5, 5.41) is 13.8. The van der Waals surface area contributed by atoms with Crippen LogP contribution >= 0.6 is 0 Å². The van der Waals surface area contributed by atoms with E-state index in [9.17, 15) is 0 Å². The van der Waals surface area contributed by atoms with E-state index in [1.807, 2.05) is 30.3 Å². The van der Waals surface area contributed by atoms with Crippen molar-refractivity contribution in [3.05, 3.63) is 36.5 Å². The van der Waals surface area contributed by atoms with Gasteiger partial charge in [0.05, 0.1) is 18.1 Å². The number of rotatable bonds is 6. The zero-order chi connectivity index (χ0) is 14.5. The smallest absolute Gasteiger partial charge is 0.226 e. The number of hydrogen-bond acceptors (Lipinski definition) is 6. The van der Waals surface area contributed by atoms with E-state index in [0.717, 1.165) is 17.0 Å². The minimum Gasteiger partial charge on any atom is -0.492 e. The molecule has 0 spiro atoms. The second-order valence-electron chi connectivity index (χ2n) is 4.37. The highest BCUT2D eigenvalue weighted by atomic mass is 16.5. The third-order valence-corrected chi connectivity index (χ3v) is 2.94. The van der Waals surface area contributed by atoms with Crippen LogP contribution in [0.3, 0.4) is 0 Å². The van der Waals surface area contributed by atoms with Crippen molar-refractivity contribution in [2.45, 2.75) is 0 Å². The lowest BCUT2D eigenvalue weighted by atomic mass is 10.3. The lowest BCUT2D eigenvalue weighted by Gasteiger charge is -2.09. The lowest BCUT2D eigenvalue weighted by Crippen LogP contribution is -2.13. The van der Waals surface area contributed by atoms with E-state index < -0.39 is 0 Å². The number of anilines is 2. The lowest BCUT2D eigenvalue weighted by molar-refractivity contribution is 0.333. The van der Waals surface area contributed by atoms with Gasteiger partial charge in [-0.2, -0.15) is 15.1 Å². The first-order valence-electron chi connectivity index (χ1n) is 6.67. The van der Waals surface area contributed by atoms with Crippen LogP contribution in [0.15, 0.2) is 36.5 Å². The molecule has 0 saturated carbocycles. The second-order valence-corrected chi connectivity index (χ2v) is 4.37. The fourth-order valence-electron chi connectivity index (χ4n) is 1.94. The number of ether oxygens (including phenoxy) is 1. The Labute approximate surface area is 121 Å². The van der Waals surface area contributed by atoms with Gasteiger partial charge in [0, 0.05) is 7.05 Å². The molecule has 0 saturated heterocycles. The Morgan fingerprint density at radius 3 is 2.86 bits per heavy atom. The molecule has 7 nitrogen and oxygen atoms in total. The number of aromatic nitrogens is 4. The highest BCUT2D eigenvalue weighted by Gasteiger charge is 2.08. The molecule has 0 bridgehead atoms. The second kappa shape index (κ2) is 6.08. The molecule has 0 atom stereocenters. The monoisotopic (exact) mass is 284 g/mol. The van der Waals surface area contributed by atoms with Gasteiger partial charge in [-0.3, -0.25) is 5.10 Å². The van der Waals surface area contributed by atoms with Gasteiger partial charge < -0.3 is 15.4 Å². The normalized spacial score (nSPS) is 10.5. The number of H-pyrrole nitrogens is 1. The SMILES string of the molecule is CNc1nc(NCCOc2ccccc2)c2cn[nH]c2n1. The van der Waals surface area contributed by atoms with Crippen LogP contribution in [0.4, 0.5) is 11.8 Å². The van der Waals surface area contributed by atoms with E-state index >= 15 is 0 Å². The molecule has 108 valence electrons. The minimum atomic E-state index is 0.540.